The summed E-state index contributed by atoms with van der Waals surface area (Å²) in [6, 6.07) is 15.2. The third-order valence-corrected chi connectivity index (χ3v) is 5.08. The molecule has 1 unspecified atom stereocenters. The van der Waals surface area contributed by atoms with Crippen molar-refractivity contribution in [3.8, 4) is 0 Å². The molecule has 1 atom stereocenters. The molecule has 3 rings (SSSR count). The third-order valence-electron chi connectivity index (χ3n) is 5.08. The molecule has 0 saturated carbocycles. The van der Waals surface area contributed by atoms with Gasteiger partial charge in [0.05, 0.1) is 12.5 Å². The Morgan fingerprint density at radius 2 is 1.79 bits per heavy atom. The second-order valence-electron chi connectivity index (χ2n) is 9.01. The van der Waals surface area contributed by atoms with Gasteiger partial charge >= 0.3 is 6.09 Å². The van der Waals surface area contributed by atoms with E-state index in [9.17, 15) is 9.59 Å². The molecule has 0 aliphatic heterocycles. The molecule has 7 nitrogen and oxygen atoms in total. The first-order valence-electron chi connectivity index (χ1n) is 10.8. The van der Waals surface area contributed by atoms with Crippen LogP contribution in [0.25, 0.3) is 10.8 Å². The summed E-state index contributed by atoms with van der Waals surface area (Å²) < 4.78 is 10.6. The molecule has 3 aromatic rings. The number of carbonyl (C=O) groups excluding carboxylic acids is 2. The third kappa shape index (κ3) is 6.76. The van der Waals surface area contributed by atoms with E-state index < -0.39 is 17.6 Å². The van der Waals surface area contributed by atoms with E-state index in [1.807, 2.05) is 69.3 Å². The molecule has 174 valence electrons. The van der Waals surface area contributed by atoms with E-state index in [1.54, 1.807) is 26.6 Å². The monoisotopic (exact) mass is 449 g/mol. The number of rotatable bonds is 7. The van der Waals surface area contributed by atoms with Gasteiger partial charge < -0.3 is 19.7 Å². The normalized spacial score (nSPS) is 12.3. The van der Waals surface area contributed by atoms with Crippen LogP contribution in [0, 0.1) is 0 Å². The van der Waals surface area contributed by atoms with Crippen molar-refractivity contribution in [2.75, 3.05) is 26.0 Å². The van der Waals surface area contributed by atoms with Gasteiger partial charge in [-0.05, 0) is 55.5 Å². The number of carbonyl (C=O) groups is 2. The number of anilines is 1. The lowest BCUT2D eigenvalue weighted by Crippen LogP contribution is -2.39. The van der Waals surface area contributed by atoms with Crippen molar-refractivity contribution in [1.82, 2.24) is 9.88 Å². The highest BCUT2D eigenvalue weighted by Gasteiger charge is 2.27. The number of ether oxygens (including phenoxy) is 2. The van der Waals surface area contributed by atoms with Gasteiger partial charge in [0.15, 0.2) is 0 Å². The zero-order valence-corrected chi connectivity index (χ0v) is 19.8. The maximum Gasteiger partial charge on any atom is 0.410 e. The lowest BCUT2D eigenvalue weighted by molar-refractivity contribution is -0.117. The first-order chi connectivity index (χ1) is 15.7. The number of pyridine rings is 1. The highest BCUT2D eigenvalue weighted by Crippen LogP contribution is 2.24. The Hall–Kier alpha value is -3.45. The standard InChI is InChI=1S/C26H31N3O4/c1-26(2,3)33-25(31)29(4)16-23(19-8-6-18(7-9-19)17-32-5)24(30)28-22-11-10-21-15-27-13-12-20(21)14-22/h6-15,23H,16-17H2,1-5H3,(H,28,30). The second-order valence-corrected chi connectivity index (χ2v) is 9.01. The van der Waals surface area contributed by atoms with Gasteiger partial charge in [0, 0.05) is 44.2 Å². The molecule has 0 bridgehead atoms. The summed E-state index contributed by atoms with van der Waals surface area (Å²) in [5.41, 5.74) is 1.86. The van der Waals surface area contributed by atoms with Gasteiger partial charge in [-0.1, -0.05) is 30.3 Å². The first-order valence-corrected chi connectivity index (χ1v) is 10.8. The van der Waals surface area contributed by atoms with Crippen LogP contribution < -0.4 is 5.32 Å². The summed E-state index contributed by atoms with van der Waals surface area (Å²) in [5, 5.41) is 4.97. The number of hydrogen-bond acceptors (Lipinski definition) is 5. The molecule has 7 heteroatoms. The molecular weight excluding hydrogens is 418 g/mol. The minimum Gasteiger partial charge on any atom is -0.444 e. The Morgan fingerprint density at radius 3 is 2.45 bits per heavy atom. The molecule has 1 heterocycles. The van der Waals surface area contributed by atoms with Crippen LogP contribution in [0.15, 0.2) is 60.9 Å². The van der Waals surface area contributed by atoms with Gasteiger partial charge in [-0.15, -0.1) is 0 Å². The average molecular weight is 450 g/mol. The fraction of sp³-hybridized carbons (Fsp3) is 0.346. The number of nitrogens with one attached hydrogen (secondary N) is 1. The first kappa shape index (κ1) is 24.2. The summed E-state index contributed by atoms with van der Waals surface area (Å²) in [6.45, 7) is 6.09. The Kier molecular flexibility index (Phi) is 7.66. The van der Waals surface area contributed by atoms with Crippen molar-refractivity contribution >= 4 is 28.5 Å². The van der Waals surface area contributed by atoms with Crippen molar-refractivity contribution in [2.45, 2.75) is 38.9 Å². The smallest absolute Gasteiger partial charge is 0.410 e. The zero-order valence-electron chi connectivity index (χ0n) is 19.8. The van der Waals surface area contributed by atoms with Crippen molar-refractivity contribution < 1.29 is 19.1 Å². The quantitative estimate of drug-likeness (QED) is 0.551. The molecule has 0 radical (unpaired) electrons. The fourth-order valence-electron chi connectivity index (χ4n) is 3.43. The van der Waals surface area contributed by atoms with Gasteiger partial charge in [0.1, 0.15) is 5.60 Å². The Labute approximate surface area is 194 Å². The summed E-state index contributed by atoms with van der Waals surface area (Å²) in [4.78, 5) is 31.5. The number of amides is 2. The SMILES string of the molecule is COCc1ccc(C(CN(C)C(=O)OC(C)(C)C)C(=O)Nc2ccc3cnccc3c2)cc1. The molecule has 1 N–H and O–H groups in total. The van der Waals surface area contributed by atoms with E-state index in [2.05, 4.69) is 10.3 Å². The largest absolute Gasteiger partial charge is 0.444 e. The Bertz CT molecular complexity index is 1110. The van der Waals surface area contributed by atoms with Crippen LogP contribution in [-0.2, 0) is 20.9 Å². The Balaban J connectivity index is 1.84. The van der Waals surface area contributed by atoms with Crippen molar-refractivity contribution in [2.24, 2.45) is 0 Å². The lowest BCUT2D eigenvalue weighted by Gasteiger charge is -2.27. The predicted molar refractivity (Wildman–Crippen MR) is 129 cm³/mol. The highest BCUT2D eigenvalue weighted by atomic mass is 16.6. The molecule has 0 aliphatic carbocycles. The number of benzene rings is 2. The van der Waals surface area contributed by atoms with Gasteiger partial charge in [0.25, 0.3) is 0 Å². The molecule has 0 spiro atoms. The number of fused-ring (bicyclic) bond motifs is 1. The number of nitrogens with zero attached hydrogens (tertiary/aromatic N) is 2. The molecule has 2 aromatic carbocycles. The van der Waals surface area contributed by atoms with Crippen LogP contribution >= 0.6 is 0 Å². The zero-order chi connectivity index (χ0) is 24.0. The maximum atomic E-state index is 13.4. The van der Waals surface area contributed by atoms with Gasteiger partial charge in [-0.2, -0.15) is 0 Å². The van der Waals surface area contributed by atoms with Crippen LogP contribution in [0.4, 0.5) is 10.5 Å². The summed E-state index contributed by atoms with van der Waals surface area (Å²) in [5.74, 6) is -0.800. The molecule has 0 fully saturated rings. The number of hydrogen-bond donors (Lipinski definition) is 1. The molecular formula is C26H31N3O4. The average Bonchev–Trinajstić information content (AvgIpc) is 2.77. The van der Waals surface area contributed by atoms with Crippen LogP contribution in [0.5, 0.6) is 0 Å². The van der Waals surface area contributed by atoms with Crippen LogP contribution in [0.2, 0.25) is 0 Å². The fourth-order valence-corrected chi connectivity index (χ4v) is 3.43. The Morgan fingerprint density at radius 1 is 1.06 bits per heavy atom. The minimum absolute atomic E-state index is 0.169. The number of likely N-dealkylation sites (N-methyl/N-ethyl adjacent to an activating group) is 1. The van der Waals surface area contributed by atoms with Crippen LogP contribution in [-0.4, -0.2) is 48.2 Å². The van der Waals surface area contributed by atoms with Gasteiger partial charge in [-0.3, -0.25) is 9.78 Å². The van der Waals surface area contributed by atoms with E-state index in [-0.39, 0.29) is 12.5 Å². The molecule has 0 aliphatic rings. The van der Waals surface area contributed by atoms with Crippen molar-refractivity contribution in [3.05, 3.63) is 72.1 Å². The predicted octanol–water partition coefficient (Wildman–Crippen LogP) is 4.97. The maximum absolute atomic E-state index is 13.4. The van der Waals surface area contributed by atoms with Crippen LogP contribution in [0.1, 0.15) is 37.8 Å². The topological polar surface area (TPSA) is 80.8 Å². The highest BCUT2D eigenvalue weighted by molar-refractivity contribution is 5.98. The number of aromatic nitrogens is 1. The van der Waals surface area contributed by atoms with Crippen LogP contribution in [0.3, 0.4) is 0 Å². The summed E-state index contributed by atoms with van der Waals surface area (Å²) in [6.07, 6.45) is 3.02. The van der Waals surface area contributed by atoms with Crippen molar-refractivity contribution in [1.29, 1.82) is 0 Å². The second kappa shape index (κ2) is 10.4. The summed E-state index contributed by atoms with van der Waals surface area (Å²) in [7, 11) is 3.27. The lowest BCUT2D eigenvalue weighted by atomic mass is 9.96. The molecule has 33 heavy (non-hydrogen) atoms. The van der Waals surface area contributed by atoms with E-state index in [0.29, 0.717) is 12.3 Å². The van der Waals surface area contributed by atoms with Gasteiger partial charge in [0.2, 0.25) is 5.91 Å². The molecule has 2 amide bonds. The minimum atomic E-state index is -0.620. The van der Waals surface area contributed by atoms with E-state index >= 15 is 0 Å². The molecule has 1 aromatic heterocycles. The van der Waals surface area contributed by atoms with E-state index in [0.717, 1.165) is 21.9 Å². The van der Waals surface area contributed by atoms with Gasteiger partial charge in [-0.25, -0.2) is 4.79 Å². The van der Waals surface area contributed by atoms with E-state index in [1.165, 1.54) is 4.90 Å². The van der Waals surface area contributed by atoms with E-state index in [4.69, 9.17) is 9.47 Å². The number of methoxy groups -OCH3 is 1. The molecule has 0 saturated heterocycles. The van der Waals surface area contributed by atoms with Crippen molar-refractivity contribution in [3.63, 3.8) is 0 Å². The summed E-state index contributed by atoms with van der Waals surface area (Å²) >= 11 is 0.